The molecule has 0 saturated heterocycles. The Morgan fingerprint density at radius 2 is 1.39 bits per heavy atom. The lowest BCUT2D eigenvalue weighted by atomic mass is 10.0. The first-order chi connectivity index (χ1) is 13.8. The van der Waals surface area contributed by atoms with Crippen molar-refractivity contribution in [2.75, 3.05) is 0 Å². The Balaban J connectivity index is 1.54. The van der Waals surface area contributed by atoms with E-state index in [0.29, 0.717) is 0 Å². The predicted molar refractivity (Wildman–Crippen MR) is 115 cm³/mol. The first-order valence-corrected chi connectivity index (χ1v) is 9.39. The summed E-state index contributed by atoms with van der Waals surface area (Å²) in [6, 6.07) is 31.3. The maximum atomic E-state index is 6.13. The standard InChI is InChI=1S/C26H19NO/c1-18-10-12-20(13-11-18)25-15-23-17-27-24(16-26(23)28-25)22-9-5-8-21(14-22)19-6-3-2-4-7-19/h2-17H,1H3. The van der Waals surface area contributed by atoms with Crippen molar-refractivity contribution in [1.29, 1.82) is 0 Å². The van der Waals surface area contributed by atoms with Gasteiger partial charge in [0.15, 0.2) is 0 Å². The molecule has 0 aliphatic carbocycles. The molecule has 0 bridgehead atoms. The molecule has 0 aliphatic heterocycles. The van der Waals surface area contributed by atoms with Gasteiger partial charge in [-0.2, -0.15) is 0 Å². The first-order valence-electron chi connectivity index (χ1n) is 9.39. The van der Waals surface area contributed by atoms with Gasteiger partial charge in [-0.3, -0.25) is 4.98 Å². The van der Waals surface area contributed by atoms with Crippen molar-refractivity contribution in [2.24, 2.45) is 0 Å². The summed E-state index contributed by atoms with van der Waals surface area (Å²) >= 11 is 0. The van der Waals surface area contributed by atoms with Gasteiger partial charge < -0.3 is 4.42 Å². The third-order valence-corrected chi connectivity index (χ3v) is 5.00. The summed E-state index contributed by atoms with van der Waals surface area (Å²) in [5.74, 6) is 0.868. The third kappa shape index (κ3) is 3.10. The summed E-state index contributed by atoms with van der Waals surface area (Å²) in [5, 5.41) is 1.01. The molecule has 2 aromatic heterocycles. The fourth-order valence-electron chi connectivity index (χ4n) is 3.44. The molecule has 0 spiro atoms. The molecule has 0 N–H and O–H groups in total. The Kier molecular flexibility index (Phi) is 4.02. The summed E-state index contributed by atoms with van der Waals surface area (Å²) in [6.07, 6.45) is 1.89. The summed E-state index contributed by atoms with van der Waals surface area (Å²) in [6.45, 7) is 2.09. The smallest absolute Gasteiger partial charge is 0.138 e. The lowest BCUT2D eigenvalue weighted by Crippen LogP contribution is -1.84. The first kappa shape index (κ1) is 16.5. The number of benzene rings is 3. The normalized spacial score (nSPS) is 11.0. The maximum Gasteiger partial charge on any atom is 0.138 e. The van der Waals surface area contributed by atoms with Crippen molar-refractivity contribution < 1.29 is 4.42 Å². The third-order valence-electron chi connectivity index (χ3n) is 5.00. The fourth-order valence-corrected chi connectivity index (χ4v) is 3.44. The monoisotopic (exact) mass is 361 g/mol. The van der Waals surface area contributed by atoms with Gasteiger partial charge in [-0.1, -0.05) is 78.4 Å². The molecule has 5 aromatic rings. The number of furan rings is 1. The summed E-state index contributed by atoms with van der Waals surface area (Å²) in [5.41, 5.74) is 7.54. The minimum atomic E-state index is 0.852. The van der Waals surface area contributed by atoms with Crippen LogP contribution >= 0.6 is 0 Å². The second kappa shape index (κ2) is 6.82. The van der Waals surface area contributed by atoms with Crippen LogP contribution in [0.5, 0.6) is 0 Å². The zero-order valence-electron chi connectivity index (χ0n) is 15.6. The largest absolute Gasteiger partial charge is 0.456 e. The summed E-state index contributed by atoms with van der Waals surface area (Å²) in [7, 11) is 0. The number of aryl methyl sites for hydroxylation is 1. The van der Waals surface area contributed by atoms with Crippen LogP contribution in [0.4, 0.5) is 0 Å². The van der Waals surface area contributed by atoms with Crippen molar-refractivity contribution in [3.63, 3.8) is 0 Å². The molecule has 134 valence electrons. The lowest BCUT2D eigenvalue weighted by molar-refractivity contribution is 0.631. The van der Waals surface area contributed by atoms with E-state index in [1.807, 2.05) is 18.3 Å². The van der Waals surface area contributed by atoms with Crippen molar-refractivity contribution >= 4 is 11.0 Å². The van der Waals surface area contributed by atoms with Gasteiger partial charge >= 0.3 is 0 Å². The molecule has 5 rings (SSSR count). The zero-order valence-corrected chi connectivity index (χ0v) is 15.6. The van der Waals surface area contributed by atoms with Gasteiger partial charge in [0.25, 0.3) is 0 Å². The van der Waals surface area contributed by atoms with Crippen LogP contribution in [-0.4, -0.2) is 4.98 Å². The second-order valence-electron chi connectivity index (χ2n) is 7.03. The van der Waals surface area contributed by atoms with Gasteiger partial charge in [0.1, 0.15) is 11.3 Å². The van der Waals surface area contributed by atoms with Gasteiger partial charge in [-0.15, -0.1) is 0 Å². The van der Waals surface area contributed by atoms with Crippen molar-refractivity contribution in [1.82, 2.24) is 4.98 Å². The van der Waals surface area contributed by atoms with Crippen molar-refractivity contribution in [3.8, 4) is 33.7 Å². The van der Waals surface area contributed by atoms with Gasteiger partial charge in [0.2, 0.25) is 0 Å². The van der Waals surface area contributed by atoms with E-state index in [4.69, 9.17) is 4.42 Å². The lowest BCUT2D eigenvalue weighted by Gasteiger charge is -2.05. The number of rotatable bonds is 3. The molecule has 0 amide bonds. The second-order valence-corrected chi connectivity index (χ2v) is 7.03. The molecular weight excluding hydrogens is 342 g/mol. The van der Waals surface area contributed by atoms with Gasteiger partial charge in [-0.05, 0) is 30.2 Å². The zero-order chi connectivity index (χ0) is 18.9. The molecule has 0 fully saturated rings. The molecule has 0 saturated carbocycles. The average molecular weight is 361 g/mol. The predicted octanol–water partition coefficient (Wildman–Crippen LogP) is 7.14. The fraction of sp³-hybridized carbons (Fsp3) is 0.0385. The van der Waals surface area contributed by atoms with E-state index in [1.54, 1.807) is 0 Å². The van der Waals surface area contributed by atoms with Crippen molar-refractivity contribution in [2.45, 2.75) is 6.92 Å². The molecule has 2 nitrogen and oxygen atoms in total. The molecule has 0 aliphatic rings. The average Bonchev–Trinajstić information content (AvgIpc) is 3.18. The van der Waals surface area contributed by atoms with Crippen LogP contribution in [0.2, 0.25) is 0 Å². The van der Waals surface area contributed by atoms with Gasteiger partial charge in [-0.25, -0.2) is 0 Å². The quantitative estimate of drug-likeness (QED) is 0.341. The Labute approximate surface area is 164 Å². The van der Waals surface area contributed by atoms with Crippen LogP contribution in [0.15, 0.2) is 102 Å². The Morgan fingerprint density at radius 1 is 0.643 bits per heavy atom. The molecular formula is C26H19NO. The van der Waals surface area contributed by atoms with E-state index in [9.17, 15) is 0 Å². The van der Waals surface area contributed by atoms with Crippen LogP contribution in [0, 0.1) is 6.92 Å². The highest BCUT2D eigenvalue weighted by atomic mass is 16.3. The molecule has 2 heteroatoms. The molecule has 0 radical (unpaired) electrons. The van der Waals surface area contributed by atoms with Crippen molar-refractivity contribution in [3.05, 3.63) is 103 Å². The summed E-state index contributed by atoms with van der Waals surface area (Å²) in [4.78, 5) is 4.67. The topological polar surface area (TPSA) is 26.0 Å². The van der Waals surface area contributed by atoms with Crippen LogP contribution in [-0.2, 0) is 0 Å². The van der Waals surface area contributed by atoms with Gasteiger partial charge in [0.05, 0.1) is 5.69 Å². The minimum absolute atomic E-state index is 0.852. The Hall–Kier alpha value is -3.65. The molecule has 2 heterocycles. The number of aromatic nitrogens is 1. The highest BCUT2D eigenvalue weighted by Gasteiger charge is 2.09. The van der Waals surface area contributed by atoms with E-state index in [2.05, 4.69) is 90.8 Å². The van der Waals surface area contributed by atoms with E-state index in [-0.39, 0.29) is 0 Å². The van der Waals surface area contributed by atoms with Crippen LogP contribution < -0.4 is 0 Å². The molecule has 3 aromatic carbocycles. The molecule has 28 heavy (non-hydrogen) atoms. The van der Waals surface area contributed by atoms with Crippen LogP contribution in [0.1, 0.15) is 5.56 Å². The highest BCUT2D eigenvalue weighted by Crippen LogP contribution is 2.31. The van der Waals surface area contributed by atoms with E-state index in [1.165, 1.54) is 16.7 Å². The SMILES string of the molecule is Cc1ccc(-c2cc3cnc(-c4cccc(-c5ccccc5)c4)cc3o2)cc1. The van der Waals surface area contributed by atoms with E-state index >= 15 is 0 Å². The van der Waals surface area contributed by atoms with Crippen LogP contribution in [0.25, 0.3) is 44.7 Å². The number of fused-ring (bicyclic) bond motifs is 1. The van der Waals surface area contributed by atoms with Crippen LogP contribution in [0.3, 0.4) is 0 Å². The number of hydrogen-bond donors (Lipinski definition) is 0. The minimum Gasteiger partial charge on any atom is -0.456 e. The Morgan fingerprint density at radius 3 is 2.21 bits per heavy atom. The molecule has 0 atom stereocenters. The number of hydrogen-bond acceptors (Lipinski definition) is 2. The number of nitrogens with zero attached hydrogens (tertiary/aromatic N) is 1. The molecule has 0 unspecified atom stereocenters. The van der Waals surface area contributed by atoms with Gasteiger partial charge in [0, 0.05) is 28.8 Å². The van der Waals surface area contributed by atoms with E-state index in [0.717, 1.165) is 33.6 Å². The van der Waals surface area contributed by atoms with E-state index < -0.39 is 0 Å². The summed E-state index contributed by atoms with van der Waals surface area (Å²) < 4.78 is 6.13. The maximum absolute atomic E-state index is 6.13. The Bertz CT molecular complexity index is 1250. The number of pyridine rings is 1. The highest BCUT2D eigenvalue weighted by molar-refractivity contribution is 5.85.